The lowest BCUT2D eigenvalue weighted by Gasteiger charge is -2.22. The number of pyridine rings is 1. The first-order valence-electron chi connectivity index (χ1n) is 7.76. The summed E-state index contributed by atoms with van der Waals surface area (Å²) in [5.74, 6) is 1.96. The zero-order chi connectivity index (χ0) is 13.7. The zero-order valence-corrected chi connectivity index (χ0v) is 12.7. The molecule has 2 heteroatoms. The SMILES string of the molecule is CC(C)(C)c1ccc(NCCC2CCCCC2)nc1. The number of anilines is 1. The molecule has 19 heavy (non-hydrogen) atoms. The van der Waals surface area contributed by atoms with Gasteiger partial charge in [0.15, 0.2) is 0 Å². The van der Waals surface area contributed by atoms with Gasteiger partial charge in [-0.2, -0.15) is 0 Å². The summed E-state index contributed by atoms with van der Waals surface area (Å²) in [6.07, 6.45) is 10.5. The zero-order valence-electron chi connectivity index (χ0n) is 12.7. The van der Waals surface area contributed by atoms with E-state index < -0.39 is 0 Å². The highest BCUT2D eigenvalue weighted by Crippen LogP contribution is 2.26. The lowest BCUT2D eigenvalue weighted by atomic mass is 9.87. The van der Waals surface area contributed by atoms with Crippen LogP contribution in [0.1, 0.15) is 64.9 Å². The molecule has 0 aromatic carbocycles. The van der Waals surface area contributed by atoms with Crippen LogP contribution in [0.15, 0.2) is 18.3 Å². The van der Waals surface area contributed by atoms with Crippen molar-refractivity contribution in [2.75, 3.05) is 11.9 Å². The van der Waals surface area contributed by atoms with Crippen molar-refractivity contribution < 1.29 is 0 Å². The van der Waals surface area contributed by atoms with Crippen LogP contribution in [-0.2, 0) is 5.41 Å². The van der Waals surface area contributed by atoms with E-state index in [4.69, 9.17) is 0 Å². The Morgan fingerprint density at radius 2 is 1.89 bits per heavy atom. The fourth-order valence-corrected chi connectivity index (χ4v) is 2.82. The summed E-state index contributed by atoms with van der Waals surface area (Å²) in [6, 6.07) is 4.30. The highest BCUT2D eigenvalue weighted by molar-refractivity contribution is 5.36. The monoisotopic (exact) mass is 260 g/mol. The first-order chi connectivity index (χ1) is 9.05. The summed E-state index contributed by atoms with van der Waals surface area (Å²) in [7, 11) is 0. The molecule has 1 heterocycles. The van der Waals surface area contributed by atoms with Crippen molar-refractivity contribution in [1.82, 2.24) is 4.98 Å². The number of nitrogens with zero attached hydrogens (tertiary/aromatic N) is 1. The maximum absolute atomic E-state index is 4.52. The topological polar surface area (TPSA) is 24.9 Å². The van der Waals surface area contributed by atoms with E-state index in [1.165, 1.54) is 44.1 Å². The molecule has 0 atom stereocenters. The smallest absolute Gasteiger partial charge is 0.125 e. The van der Waals surface area contributed by atoms with Crippen LogP contribution in [0.3, 0.4) is 0 Å². The highest BCUT2D eigenvalue weighted by Gasteiger charge is 2.14. The maximum atomic E-state index is 4.52. The van der Waals surface area contributed by atoms with Crippen LogP contribution >= 0.6 is 0 Å². The van der Waals surface area contributed by atoms with Crippen LogP contribution < -0.4 is 5.32 Å². The Balaban J connectivity index is 1.76. The third-order valence-corrected chi connectivity index (χ3v) is 4.21. The number of hydrogen-bond acceptors (Lipinski definition) is 2. The third kappa shape index (κ3) is 4.52. The van der Waals surface area contributed by atoms with Gasteiger partial charge in [0.25, 0.3) is 0 Å². The molecule has 1 N–H and O–H groups in total. The van der Waals surface area contributed by atoms with E-state index in [9.17, 15) is 0 Å². The van der Waals surface area contributed by atoms with Crippen LogP contribution in [0.4, 0.5) is 5.82 Å². The first-order valence-corrected chi connectivity index (χ1v) is 7.76. The predicted octanol–water partition coefficient (Wildman–Crippen LogP) is 4.76. The molecule has 106 valence electrons. The highest BCUT2D eigenvalue weighted by atomic mass is 15.0. The van der Waals surface area contributed by atoms with Gasteiger partial charge in [0.1, 0.15) is 5.82 Å². The Morgan fingerprint density at radius 1 is 1.16 bits per heavy atom. The number of rotatable bonds is 4. The lowest BCUT2D eigenvalue weighted by Crippen LogP contribution is -2.14. The summed E-state index contributed by atoms with van der Waals surface area (Å²) in [4.78, 5) is 4.52. The van der Waals surface area contributed by atoms with E-state index in [0.717, 1.165) is 18.3 Å². The van der Waals surface area contributed by atoms with Gasteiger partial charge in [-0.3, -0.25) is 0 Å². The van der Waals surface area contributed by atoms with E-state index in [-0.39, 0.29) is 5.41 Å². The van der Waals surface area contributed by atoms with Gasteiger partial charge in [0, 0.05) is 12.7 Å². The molecule has 1 saturated carbocycles. The fraction of sp³-hybridized carbons (Fsp3) is 0.706. The minimum absolute atomic E-state index is 0.188. The molecule has 1 aliphatic rings. The molecule has 0 spiro atoms. The Morgan fingerprint density at radius 3 is 2.47 bits per heavy atom. The van der Waals surface area contributed by atoms with Gasteiger partial charge < -0.3 is 5.32 Å². The van der Waals surface area contributed by atoms with Crippen LogP contribution in [-0.4, -0.2) is 11.5 Å². The summed E-state index contributed by atoms with van der Waals surface area (Å²) in [5, 5.41) is 3.46. The number of aromatic nitrogens is 1. The predicted molar refractivity (Wildman–Crippen MR) is 82.6 cm³/mol. The van der Waals surface area contributed by atoms with Gasteiger partial charge in [0.05, 0.1) is 0 Å². The van der Waals surface area contributed by atoms with Crippen LogP contribution in [0.5, 0.6) is 0 Å². The molecule has 2 nitrogen and oxygen atoms in total. The molecule has 1 fully saturated rings. The largest absolute Gasteiger partial charge is 0.370 e. The van der Waals surface area contributed by atoms with Gasteiger partial charge in [-0.05, 0) is 29.4 Å². The van der Waals surface area contributed by atoms with Crippen molar-refractivity contribution in [2.24, 2.45) is 5.92 Å². The van der Waals surface area contributed by atoms with Crippen molar-refractivity contribution in [3.63, 3.8) is 0 Å². The van der Waals surface area contributed by atoms with Gasteiger partial charge in [-0.15, -0.1) is 0 Å². The minimum atomic E-state index is 0.188. The molecule has 1 aromatic heterocycles. The lowest BCUT2D eigenvalue weighted by molar-refractivity contribution is 0.345. The second kappa shape index (κ2) is 6.40. The van der Waals surface area contributed by atoms with Crippen LogP contribution in [0.2, 0.25) is 0 Å². The van der Waals surface area contributed by atoms with E-state index in [1.807, 2.05) is 6.20 Å². The summed E-state index contributed by atoms with van der Waals surface area (Å²) < 4.78 is 0. The molecular weight excluding hydrogens is 232 g/mol. The molecule has 2 rings (SSSR count). The van der Waals surface area contributed by atoms with Crippen molar-refractivity contribution in [3.05, 3.63) is 23.9 Å². The summed E-state index contributed by atoms with van der Waals surface area (Å²) >= 11 is 0. The van der Waals surface area contributed by atoms with Crippen molar-refractivity contribution >= 4 is 5.82 Å². The molecule has 0 radical (unpaired) electrons. The van der Waals surface area contributed by atoms with Gasteiger partial charge in [-0.1, -0.05) is 58.9 Å². The average Bonchev–Trinajstić information content (AvgIpc) is 2.39. The molecule has 0 saturated heterocycles. The maximum Gasteiger partial charge on any atom is 0.125 e. The first kappa shape index (κ1) is 14.4. The molecule has 1 aromatic rings. The van der Waals surface area contributed by atoms with E-state index >= 15 is 0 Å². The van der Waals surface area contributed by atoms with Gasteiger partial charge >= 0.3 is 0 Å². The van der Waals surface area contributed by atoms with Crippen molar-refractivity contribution in [2.45, 2.75) is 64.7 Å². The Bertz CT molecular complexity index is 369. The molecule has 0 amide bonds. The minimum Gasteiger partial charge on any atom is -0.370 e. The second-order valence-electron chi connectivity index (χ2n) is 6.90. The van der Waals surface area contributed by atoms with Crippen LogP contribution in [0.25, 0.3) is 0 Å². The van der Waals surface area contributed by atoms with Gasteiger partial charge in [0.2, 0.25) is 0 Å². The molecule has 1 aliphatic carbocycles. The average molecular weight is 260 g/mol. The molecule has 0 aliphatic heterocycles. The quantitative estimate of drug-likeness (QED) is 0.844. The Kier molecular flexibility index (Phi) is 4.84. The summed E-state index contributed by atoms with van der Waals surface area (Å²) in [6.45, 7) is 7.73. The van der Waals surface area contributed by atoms with E-state index in [0.29, 0.717) is 0 Å². The van der Waals surface area contributed by atoms with E-state index in [2.05, 4.69) is 43.2 Å². The van der Waals surface area contributed by atoms with E-state index in [1.54, 1.807) is 0 Å². The Labute approximate surface area is 118 Å². The number of hydrogen-bond donors (Lipinski definition) is 1. The molecule has 0 bridgehead atoms. The van der Waals surface area contributed by atoms with Crippen molar-refractivity contribution in [3.8, 4) is 0 Å². The molecular formula is C17H28N2. The third-order valence-electron chi connectivity index (χ3n) is 4.21. The van der Waals surface area contributed by atoms with Gasteiger partial charge in [-0.25, -0.2) is 4.98 Å². The normalized spacial score (nSPS) is 17.4. The number of nitrogens with one attached hydrogen (secondary N) is 1. The van der Waals surface area contributed by atoms with Crippen LogP contribution in [0, 0.1) is 5.92 Å². The second-order valence-corrected chi connectivity index (χ2v) is 6.90. The fourth-order valence-electron chi connectivity index (χ4n) is 2.82. The Hall–Kier alpha value is -1.05. The standard InChI is InChI=1S/C17H28N2/c1-17(2,3)15-9-10-16(19-13-15)18-12-11-14-7-5-4-6-8-14/h9-10,13-14H,4-8,11-12H2,1-3H3,(H,18,19). The summed E-state index contributed by atoms with van der Waals surface area (Å²) in [5.41, 5.74) is 1.48. The van der Waals surface area contributed by atoms with Crippen molar-refractivity contribution in [1.29, 1.82) is 0 Å². The molecule has 0 unspecified atom stereocenters.